The molecule has 1 amide bonds. The maximum atomic E-state index is 12.0. The molecule has 0 aliphatic heterocycles. The first-order chi connectivity index (χ1) is 8.54. The molecule has 1 atom stereocenters. The number of nitrogens with two attached hydrogens (primary N) is 1. The van der Waals surface area contributed by atoms with Crippen LogP contribution in [0.4, 0.5) is 5.69 Å². The zero-order valence-corrected chi connectivity index (χ0v) is 11.6. The minimum Gasteiger partial charge on any atom is -0.397 e. The Morgan fingerprint density at radius 2 is 2.28 bits per heavy atom. The molecule has 0 aliphatic carbocycles. The first-order valence-electron chi connectivity index (χ1n) is 6.26. The van der Waals surface area contributed by atoms with Gasteiger partial charge in [0.2, 0.25) is 0 Å². The first-order valence-corrected chi connectivity index (χ1v) is 6.64. The maximum absolute atomic E-state index is 12.0. The minimum atomic E-state index is -0.219. The van der Waals surface area contributed by atoms with Crippen molar-refractivity contribution in [2.24, 2.45) is 0 Å². The van der Waals surface area contributed by atoms with Gasteiger partial charge in [-0.2, -0.15) is 0 Å². The molecule has 3 N–H and O–H groups in total. The third kappa shape index (κ3) is 4.53. The van der Waals surface area contributed by atoms with Crippen LogP contribution in [0.25, 0.3) is 0 Å². The number of nitrogens with zero attached hydrogens (tertiary/aromatic N) is 1. The molecule has 0 radical (unpaired) electrons. The Bertz CT molecular complexity index is 409. The van der Waals surface area contributed by atoms with E-state index in [0.29, 0.717) is 11.3 Å². The van der Waals surface area contributed by atoms with Crippen molar-refractivity contribution in [3.05, 3.63) is 23.0 Å². The van der Waals surface area contributed by atoms with Gasteiger partial charge in [-0.15, -0.1) is 0 Å². The average molecular weight is 270 g/mol. The largest absolute Gasteiger partial charge is 0.397 e. The lowest BCUT2D eigenvalue weighted by molar-refractivity contribution is 0.0938. The van der Waals surface area contributed by atoms with Gasteiger partial charge in [0.15, 0.2) is 0 Å². The van der Waals surface area contributed by atoms with Gasteiger partial charge in [0.05, 0.1) is 17.4 Å². The second kappa shape index (κ2) is 7.21. The number of amides is 1. The molecule has 1 heterocycles. The Morgan fingerprint density at radius 1 is 1.56 bits per heavy atom. The number of halogens is 1. The van der Waals surface area contributed by atoms with Crippen LogP contribution in [-0.4, -0.2) is 16.9 Å². The molecule has 0 spiro atoms. The summed E-state index contributed by atoms with van der Waals surface area (Å²) in [5.41, 5.74) is 6.36. The molecule has 0 saturated carbocycles. The summed E-state index contributed by atoms with van der Waals surface area (Å²) < 4.78 is 0. The molecule has 0 aromatic carbocycles. The van der Waals surface area contributed by atoms with Gasteiger partial charge in [-0.25, -0.2) is 4.98 Å². The summed E-state index contributed by atoms with van der Waals surface area (Å²) in [6.07, 6.45) is 5.87. The summed E-state index contributed by atoms with van der Waals surface area (Å²) in [4.78, 5) is 15.8. The van der Waals surface area contributed by atoms with E-state index in [1.54, 1.807) is 6.07 Å². The molecule has 4 nitrogen and oxygen atoms in total. The topological polar surface area (TPSA) is 68.0 Å². The Balaban J connectivity index is 2.56. The standard InChI is InChI=1S/C13H20ClN3O/c1-3-4-5-6-9(2)17-13(18)11-7-10(15)8-16-12(11)14/h7-9H,3-6,15H2,1-2H3,(H,17,18). The fourth-order valence-electron chi connectivity index (χ4n) is 1.70. The Hall–Kier alpha value is -1.29. The van der Waals surface area contributed by atoms with Crippen LogP contribution in [0.1, 0.15) is 49.9 Å². The van der Waals surface area contributed by atoms with Crippen molar-refractivity contribution in [2.45, 2.75) is 45.6 Å². The van der Waals surface area contributed by atoms with Crippen LogP contribution in [0.2, 0.25) is 5.15 Å². The number of anilines is 1. The molecular formula is C13H20ClN3O. The number of nitrogen functional groups attached to an aromatic ring is 1. The van der Waals surface area contributed by atoms with E-state index in [1.807, 2.05) is 6.92 Å². The molecule has 100 valence electrons. The number of aromatic nitrogens is 1. The normalized spacial score (nSPS) is 12.2. The third-order valence-electron chi connectivity index (χ3n) is 2.72. The number of rotatable bonds is 6. The van der Waals surface area contributed by atoms with E-state index >= 15 is 0 Å². The van der Waals surface area contributed by atoms with Gasteiger partial charge in [-0.3, -0.25) is 4.79 Å². The van der Waals surface area contributed by atoms with Crippen molar-refractivity contribution in [3.8, 4) is 0 Å². The van der Waals surface area contributed by atoms with Crippen molar-refractivity contribution < 1.29 is 4.79 Å². The van der Waals surface area contributed by atoms with Gasteiger partial charge in [0.1, 0.15) is 5.15 Å². The van der Waals surface area contributed by atoms with Gasteiger partial charge < -0.3 is 11.1 Å². The van der Waals surface area contributed by atoms with E-state index in [-0.39, 0.29) is 17.1 Å². The SMILES string of the molecule is CCCCCC(C)NC(=O)c1cc(N)cnc1Cl. The summed E-state index contributed by atoms with van der Waals surface area (Å²) in [7, 11) is 0. The number of unbranched alkanes of at least 4 members (excludes halogenated alkanes) is 2. The lowest BCUT2D eigenvalue weighted by atomic mass is 10.1. The Morgan fingerprint density at radius 3 is 2.94 bits per heavy atom. The quantitative estimate of drug-likeness (QED) is 0.616. The minimum absolute atomic E-state index is 0.126. The zero-order valence-electron chi connectivity index (χ0n) is 10.9. The Labute approximate surface area is 113 Å². The second-order valence-electron chi connectivity index (χ2n) is 4.48. The lowest BCUT2D eigenvalue weighted by Gasteiger charge is -2.14. The summed E-state index contributed by atoms with van der Waals surface area (Å²) >= 11 is 5.87. The van der Waals surface area contributed by atoms with E-state index in [4.69, 9.17) is 17.3 Å². The fourth-order valence-corrected chi connectivity index (χ4v) is 1.89. The van der Waals surface area contributed by atoms with Crippen LogP contribution in [0.15, 0.2) is 12.3 Å². The number of pyridine rings is 1. The lowest BCUT2D eigenvalue weighted by Crippen LogP contribution is -2.32. The predicted molar refractivity (Wildman–Crippen MR) is 74.7 cm³/mol. The van der Waals surface area contributed by atoms with Crippen LogP contribution in [0.3, 0.4) is 0 Å². The van der Waals surface area contributed by atoms with Crippen LogP contribution in [-0.2, 0) is 0 Å². The predicted octanol–water partition coefficient (Wildman–Crippen LogP) is 3.02. The number of hydrogen-bond donors (Lipinski definition) is 2. The molecule has 1 unspecified atom stereocenters. The van der Waals surface area contributed by atoms with Gasteiger partial charge in [0, 0.05) is 6.04 Å². The molecule has 5 heteroatoms. The molecule has 0 aliphatic rings. The zero-order chi connectivity index (χ0) is 13.5. The molecule has 18 heavy (non-hydrogen) atoms. The smallest absolute Gasteiger partial charge is 0.254 e. The molecule has 1 aromatic heterocycles. The monoisotopic (exact) mass is 269 g/mol. The van der Waals surface area contributed by atoms with Crippen molar-refractivity contribution in [2.75, 3.05) is 5.73 Å². The highest BCUT2D eigenvalue weighted by Gasteiger charge is 2.14. The van der Waals surface area contributed by atoms with Crippen LogP contribution in [0, 0.1) is 0 Å². The highest BCUT2D eigenvalue weighted by molar-refractivity contribution is 6.32. The molecule has 0 bridgehead atoms. The first kappa shape index (κ1) is 14.8. The average Bonchev–Trinajstić information content (AvgIpc) is 2.32. The van der Waals surface area contributed by atoms with Crippen molar-refractivity contribution in [3.63, 3.8) is 0 Å². The van der Waals surface area contributed by atoms with Crippen LogP contribution in [0.5, 0.6) is 0 Å². The number of carbonyl (C=O) groups excluding carboxylic acids is 1. The van der Waals surface area contributed by atoms with Crippen LogP contribution < -0.4 is 11.1 Å². The molecule has 0 fully saturated rings. The Kier molecular flexibility index (Phi) is 5.92. The molecule has 1 rings (SSSR count). The number of hydrogen-bond acceptors (Lipinski definition) is 3. The fraction of sp³-hybridized carbons (Fsp3) is 0.538. The van der Waals surface area contributed by atoms with Crippen molar-refractivity contribution in [1.29, 1.82) is 0 Å². The van der Waals surface area contributed by atoms with E-state index < -0.39 is 0 Å². The second-order valence-corrected chi connectivity index (χ2v) is 4.84. The van der Waals surface area contributed by atoms with Gasteiger partial charge >= 0.3 is 0 Å². The highest BCUT2D eigenvalue weighted by atomic mass is 35.5. The van der Waals surface area contributed by atoms with Gasteiger partial charge in [0.25, 0.3) is 5.91 Å². The van der Waals surface area contributed by atoms with E-state index in [9.17, 15) is 4.79 Å². The molecular weight excluding hydrogens is 250 g/mol. The highest BCUT2D eigenvalue weighted by Crippen LogP contribution is 2.15. The summed E-state index contributed by atoms with van der Waals surface area (Å²) in [5, 5.41) is 3.09. The third-order valence-corrected chi connectivity index (χ3v) is 3.02. The van der Waals surface area contributed by atoms with Crippen molar-refractivity contribution >= 4 is 23.2 Å². The van der Waals surface area contributed by atoms with E-state index in [2.05, 4.69) is 17.2 Å². The molecule has 0 saturated heterocycles. The van der Waals surface area contributed by atoms with E-state index in [1.165, 1.54) is 19.0 Å². The van der Waals surface area contributed by atoms with Gasteiger partial charge in [-0.1, -0.05) is 37.8 Å². The number of nitrogens with one attached hydrogen (secondary N) is 1. The van der Waals surface area contributed by atoms with Crippen LogP contribution >= 0.6 is 11.6 Å². The number of carbonyl (C=O) groups is 1. The van der Waals surface area contributed by atoms with E-state index in [0.717, 1.165) is 12.8 Å². The maximum Gasteiger partial charge on any atom is 0.254 e. The van der Waals surface area contributed by atoms with Gasteiger partial charge in [-0.05, 0) is 19.4 Å². The summed E-state index contributed by atoms with van der Waals surface area (Å²) in [6, 6.07) is 1.67. The molecule has 1 aromatic rings. The summed E-state index contributed by atoms with van der Waals surface area (Å²) in [5.74, 6) is -0.219. The summed E-state index contributed by atoms with van der Waals surface area (Å²) in [6.45, 7) is 4.14. The van der Waals surface area contributed by atoms with Crippen molar-refractivity contribution in [1.82, 2.24) is 10.3 Å².